The van der Waals surface area contributed by atoms with Gasteiger partial charge in [0, 0.05) is 12.2 Å². The van der Waals surface area contributed by atoms with Crippen LogP contribution in [0.1, 0.15) is 11.6 Å². The van der Waals surface area contributed by atoms with Crippen LogP contribution in [0.3, 0.4) is 0 Å². The Hall–Kier alpha value is -3.11. The van der Waals surface area contributed by atoms with Crippen molar-refractivity contribution in [3.05, 3.63) is 96.6 Å². The molecule has 26 heavy (non-hydrogen) atoms. The summed E-state index contributed by atoms with van der Waals surface area (Å²) in [4.78, 5) is 12.8. The van der Waals surface area contributed by atoms with Gasteiger partial charge in [-0.1, -0.05) is 66.7 Å². The molecular formula is C22H22N2O2. The summed E-state index contributed by atoms with van der Waals surface area (Å²) in [6.45, 7) is 1.03. The zero-order valence-corrected chi connectivity index (χ0v) is 14.5. The summed E-state index contributed by atoms with van der Waals surface area (Å²) in [5.74, 6) is 0.724. The van der Waals surface area contributed by atoms with Crippen LogP contribution in [0.4, 0.5) is 5.69 Å². The van der Waals surface area contributed by atoms with Gasteiger partial charge in [0.2, 0.25) is 5.91 Å². The first-order chi connectivity index (χ1) is 12.8. The normalized spacial score (nSPS) is 11.5. The van der Waals surface area contributed by atoms with Crippen molar-refractivity contribution in [3.8, 4) is 5.75 Å². The fourth-order valence-electron chi connectivity index (χ4n) is 2.63. The number of rotatable bonds is 8. The third kappa shape index (κ3) is 5.19. The lowest BCUT2D eigenvalue weighted by Gasteiger charge is -2.19. The third-order valence-corrected chi connectivity index (χ3v) is 3.90. The van der Waals surface area contributed by atoms with E-state index in [-0.39, 0.29) is 5.91 Å². The van der Waals surface area contributed by atoms with Gasteiger partial charge < -0.3 is 10.1 Å². The molecule has 1 amide bonds. The first-order valence-corrected chi connectivity index (χ1v) is 8.65. The number of nitrogens with one attached hydrogen (secondary N) is 2. The SMILES string of the molecule is O=C(Nc1ccccc1)C(NCCOc1ccccc1)c1ccccc1. The lowest BCUT2D eigenvalue weighted by molar-refractivity contribution is -0.118. The standard InChI is InChI=1S/C22H22N2O2/c25-22(24-19-12-6-2-7-13-19)21(18-10-4-1-5-11-18)23-16-17-26-20-14-8-3-9-15-20/h1-15,21,23H,16-17H2,(H,24,25). The highest BCUT2D eigenvalue weighted by atomic mass is 16.5. The lowest BCUT2D eigenvalue weighted by Crippen LogP contribution is -2.35. The number of hydrogen-bond acceptors (Lipinski definition) is 3. The number of carbonyl (C=O) groups is 1. The van der Waals surface area contributed by atoms with E-state index in [1.165, 1.54) is 0 Å². The topological polar surface area (TPSA) is 50.4 Å². The lowest BCUT2D eigenvalue weighted by atomic mass is 10.1. The van der Waals surface area contributed by atoms with E-state index in [1.807, 2.05) is 91.0 Å². The molecule has 1 unspecified atom stereocenters. The maximum Gasteiger partial charge on any atom is 0.246 e. The number of benzene rings is 3. The molecule has 3 aromatic carbocycles. The monoisotopic (exact) mass is 346 g/mol. The first kappa shape index (κ1) is 17.7. The average Bonchev–Trinajstić information content (AvgIpc) is 2.70. The van der Waals surface area contributed by atoms with E-state index in [0.29, 0.717) is 13.2 Å². The Labute approximate surface area is 153 Å². The molecule has 0 heterocycles. The molecule has 3 rings (SSSR count). The predicted molar refractivity (Wildman–Crippen MR) is 104 cm³/mol. The fraction of sp³-hybridized carbons (Fsp3) is 0.136. The minimum Gasteiger partial charge on any atom is -0.492 e. The van der Waals surface area contributed by atoms with Crippen molar-refractivity contribution < 1.29 is 9.53 Å². The highest BCUT2D eigenvalue weighted by Gasteiger charge is 2.19. The first-order valence-electron chi connectivity index (χ1n) is 8.65. The minimum atomic E-state index is -0.448. The molecule has 3 aromatic rings. The van der Waals surface area contributed by atoms with E-state index in [2.05, 4.69) is 10.6 Å². The molecule has 0 aliphatic carbocycles. The number of hydrogen-bond donors (Lipinski definition) is 2. The largest absolute Gasteiger partial charge is 0.492 e. The molecule has 0 saturated carbocycles. The summed E-state index contributed by atoms with van der Waals surface area (Å²) in [5, 5.41) is 6.25. The molecule has 0 aliphatic heterocycles. The summed E-state index contributed by atoms with van der Waals surface area (Å²) in [6, 6.07) is 28.3. The van der Waals surface area contributed by atoms with Crippen molar-refractivity contribution >= 4 is 11.6 Å². The molecule has 0 spiro atoms. The van der Waals surface area contributed by atoms with Crippen LogP contribution in [0.2, 0.25) is 0 Å². The highest BCUT2D eigenvalue weighted by Crippen LogP contribution is 2.16. The van der Waals surface area contributed by atoms with Gasteiger partial charge in [-0.2, -0.15) is 0 Å². The Morgan fingerprint density at radius 1 is 0.808 bits per heavy atom. The second kappa shape index (κ2) is 9.39. The van der Waals surface area contributed by atoms with Crippen LogP contribution in [-0.4, -0.2) is 19.1 Å². The third-order valence-electron chi connectivity index (χ3n) is 3.90. The van der Waals surface area contributed by atoms with Gasteiger partial charge in [0.1, 0.15) is 18.4 Å². The van der Waals surface area contributed by atoms with E-state index < -0.39 is 6.04 Å². The van der Waals surface area contributed by atoms with E-state index in [9.17, 15) is 4.79 Å². The Morgan fingerprint density at radius 3 is 2.04 bits per heavy atom. The second-order valence-electron chi connectivity index (χ2n) is 5.81. The number of carbonyl (C=O) groups excluding carboxylic acids is 1. The van der Waals surface area contributed by atoms with Crippen molar-refractivity contribution in [1.82, 2.24) is 5.32 Å². The Balaban J connectivity index is 1.61. The van der Waals surface area contributed by atoms with Gasteiger partial charge in [0.15, 0.2) is 0 Å². The molecule has 0 fully saturated rings. The zero-order valence-electron chi connectivity index (χ0n) is 14.5. The molecule has 0 aliphatic rings. The highest BCUT2D eigenvalue weighted by molar-refractivity contribution is 5.95. The maximum atomic E-state index is 12.8. The van der Waals surface area contributed by atoms with Crippen LogP contribution in [0.15, 0.2) is 91.0 Å². The summed E-state index contributed by atoms with van der Waals surface area (Å²) in [6.07, 6.45) is 0. The van der Waals surface area contributed by atoms with Crippen molar-refractivity contribution in [2.75, 3.05) is 18.5 Å². The molecular weight excluding hydrogens is 324 g/mol. The molecule has 0 radical (unpaired) electrons. The number of amides is 1. The van der Waals surface area contributed by atoms with Crippen LogP contribution in [0, 0.1) is 0 Å². The van der Waals surface area contributed by atoms with Gasteiger partial charge in [-0.3, -0.25) is 10.1 Å². The predicted octanol–water partition coefficient (Wildman–Crippen LogP) is 4.04. The summed E-state index contributed by atoms with van der Waals surface area (Å²) >= 11 is 0. The van der Waals surface area contributed by atoms with Crippen molar-refractivity contribution in [2.24, 2.45) is 0 Å². The van der Waals surface area contributed by atoms with E-state index >= 15 is 0 Å². The van der Waals surface area contributed by atoms with Crippen LogP contribution in [0.5, 0.6) is 5.75 Å². The Kier molecular flexibility index (Phi) is 6.40. The Morgan fingerprint density at radius 2 is 1.38 bits per heavy atom. The van der Waals surface area contributed by atoms with Gasteiger partial charge in [-0.25, -0.2) is 0 Å². The number of anilines is 1. The molecule has 1 atom stereocenters. The van der Waals surface area contributed by atoms with E-state index in [1.54, 1.807) is 0 Å². The van der Waals surface area contributed by atoms with Crippen molar-refractivity contribution in [2.45, 2.75) is 6.04 Å². The van der Waals surface area contributed by atoms with Crippen LogP contribution >= 0.6 is 0 Å². The van der Waals surface area contributed by atoms with E-state index in [4.69, 9.17) is 4.74 Å². The van der Waals surface area contributed by atoms with Gasteiger partial charge in [0.05, 0.1) is 0 Å². The average molecular weight is 346 g/mol. The van der Waals surface area contributed by atoms with E-state index in [0.717, 1.165) is 17.0 Å². The van der Waals surface area contributed by atoms with Crippen molar-refractivity contribution in [3.63, 3.8) is 0 Å². The zero-order chi connectivity index (χ0) is 18.0. The smallest absolute Gasteiger partial charge is 0.246 e. The molecule has 0 aromatic heterocycles. The van der Waals surface area contributed by atoms with Crippen LogP contribution in [-0.2, 0) is 4.79 Å². The molecule has 0 bridgehead atoms. The molecule has 4 heteroatoms. The second-order valence-corrected chi connectivity index (χ2v) is 5.81. The summed E-state index contributed by atoms with van der Waals surface area (Å²) in [7, 11) is 0. The van der Waals surface area contributed by atoms with Gasteiger partial charge >= 0.3 is 0 Å². The molecule has 2 N–H and O–H groups in total. The van der Waals surface area contributed by atoms with Gasteiger partial charge in [-0.15, -0.1) is 0 Å². The summed E-state index contributed by atoms with van der Waals surface area (Å²) < 4.78 is 5.70. The summed E-state index contributed by atoms with van der Waals surface area (Å²) in [5.41, 5.74) is 1.70. The van der Waals surface area contributed by atoms with Crippen molar-refractivity contribution in [1.29, 1.82) is 0 Å². The quantitative estimate of drug-likeness (QED) is 0.605. The van der Waals surface area contributed by atoms with Crippen LogP contribution < -0.4 is 15.4 Å². The number of ether oxygens (including phenoxy) is 1. The Bertz CT molecular complexity index is 792. The van der Waals surface area contributed by atoms with Gasteiger partial charge in [0.25, 0.3) is 0 Å². The molecule has 132 valence electrons. The fourth-order valence-corrected chi connectivity index (χ4v) is 2.63. The molecule has 4 nitrogen and oxygen atoms in total. The van der Waals surface area contributed by atoms with Gasteiger partial charge in [-0.05, 0) is 29.8 Å². The number of para-hydroxylation sites is 2. The molecule has 0 saturated heterocycles. The maximum absolute atomic E-state index is 12.8. The minimum absolute atomic E-state index is 0.0953. The van der Waals surface area contributed by atoms with Crippen LogP contribution in [0.25, 0.3) is 0 Å².